The molecule has 0 spiro atoms. The van der Waals surface area contributed by atoms with Crippen LogP contribution in [0.5, 0.6) is 5.88 Å². The Balaban J connectivity index is 2.44. The summed E-state index contributed by atoms with van der Waals surface area (Å²) in [5, 5.41) is 3.36. The number of rotatable bonds is 7. The quantitative estimate of drug-likeness (QED) is 0.745. The highest BCUT2D eigenvalue weighted by atomic mass is 35.5. The van der Waals surface area contributed by atoms with E-state index in [9.17, 15) is 0 Å². The van der Waals surface area contributed by atoms with Crippen molar-refractivity contribution in [2.24, 2.45) is 0 Å². The first-order chi connectivity index (χ1) is 7.76. The second kappa shape index (κ2) is 7.34. The SMILES string of the molecule is CCCC(Cl)CNc1cccc(OCC)n1. The van der Waals surface area contributed by atoms with Crippen molar-refractivity contribution in [2.75, 3.05) is 18.5 Å². The van der Waals surface area contributed by atoms with Gasteiger partial charge < -0.3 is 10.1 Å². The van der Waals surface area contributed by atoms with Gasteiger partial charge in [0.05, 0.1) is 12.0 Å². The van der Waals surface area contributed by atoms with Gasteiger partial charge in [0.25, 0.3) is 0 Å². The third kappa shape index (κ3) is 4.71. The highest BCUT2D eigenvalue weighted by Gasteiger charge is 2.03. The molecule has 4 heteroatoms. The van der Waals surface area contributed by atoms with Gasteiger partial charge in [-0.15, -0.1) is 11.6 Å². The smallest absolute Gasteiger partial charge is 0.215 e. The van der Waals surface area contributed by atoms with Gasteiger partial charge in [0.15, 0.2) is 0 Å². The summed E-state index contributed by atoms with van der Waals surface area (Å²) in [7, 11) is 0. The van der Waals surface area contributed by atoms with Crippen LogP contribution in [-0.2, 0) is 0 Å². The first-order valence-corrected chi connectivity index (χ1v) is 6.17. The molecule has 0 saturated heterocycles. The Labute approximate surface area is 102 Å². The lowest BCUT2D eigenvalue weighted by Crippen LogP contribution is -2.14. The van der Waals surface area contributed by atoms with Crippen LogP contribution in [0.4, 0.5) is 5.82 Å². The topological polar surface area (TPSA) is 34.1 Å². The lowest BCUT2D eigenvalue weighted by atomic mass is 10.2. The predicted molar refractivity (Wildman–Crippen MR) is 68.4 cm³/mol. The fourth-order valence-electron chi connectivity index (χ4n) is 1.37. The first-order valence-electron chi connectivity index (χ1n) is 5.74. The molecule has 1 N–H and O–H groups in total. The van der Waals surface area contributed by atoms with Gasteiger partial charge in [-0.05, 0) is 19.4 Å². The molecule has 0 radical (unpaired) electrons. The average molecular weight is 243 g/mol. The Morgan fingerprint density at radius 2 is 2.25 bits per heavy atom. The number of hydrogen-bond donors (Lipinski definition) is 1. The van der Waals surface area contributed by atoms with Gasteiger partial charge in [0.2, 0.25) is 5.88 Å². The van der Waals surface area contributed by atoms with Crippen molar-refractivity contribution in [1.82, 2.24) is 4.98 Å². The summed E-state index contributed by atoms with van der Waals surface area (Å²) in [6.07, 6.45) is 2.11. The maximum Gasteiger partial charge on any atom is 0.215 e. The number of aromatic nitrogens is 1. The van der Waals surface area contributed by atoms with E-state index in [0.29, 0.717) is 12.5 Å². The fraction of sp³-hybridized carbons (Fsp3) is 0.583. The highest BCUT2D eigenvalue weighted by Crippen LogP contribution is 2.12. The van der Waals surface area contributed by atoms with E-state index in [4.69, 9.17) is 16.3 Å². The minimum absolute atomic E-state index is 0.155. The largest absolute Gasteiger partial charge is 0.478 e. The molecule has 1 heterocycles. The number of halogens is 1. The van der Waals surface area contributed by atoms with E-state index in [1.165, 1.54) is 0 Å². The number of nitrogens with one attached hydrogen (secondary N) is 1. The highest BCUT2D eigenvalue weighted by molar-refractivity contribution is 6.20. The summed E-state index contributed by atoms with van der Waals surface area (Å²) in [4.78, 5) is 4.30. The molecule has 1 rings (SSSR count). The molecule has 0 aromatic carbocycles. The molecule has 3 nitrogen and oxygen atoms in total. The molecule has 0 amide bonds. The standard InChI is InChI=1S/C12H19ClN2O/c1-3-6-10(13)9-14-11-7-5-8-12(15-11)16-4-2/h5,7-8,10H,3-4,6,9H2,1-2H3,(H,14,15). The number of alkyl halides is 1. The van der Waals surface area contributed by atoms with E-state index in [-0.39, 0.29) is 5.38 Å². The maximum absolute atomic E-state index is 6.11. The Bertz CT molecular complexity index is 307. The predicted octanol–water partition coefficient (Wildman–Crippen LogP) is 3.30. The second-order valence-corrected chi connectivity index (χ2v) is 4.18. The van der Waals surface area contributed by atoms with Crippen molar-refractivity contribution >= 4 is 17.4 Å². The van der Waals surface area contributed by atoms with Gasteiger partial charge in [0, 0.05) is 12.6 Å². The molecule has 0 saturated carbocycles. The van der Waals surface area contributed by atoms with Crippen LogP contribution < -0.4 is 10.1 Å². The monoisotopic (exact) mass is 242 g/mol. The molecule has 90 valence electrons. The van der Waals surface area contributed by atoms with Crippen molar-refractivity contribution in [3.63, 3.8) is 0 Å². The van der Waals surface area contributed by atoms with Crippen LogP contribution in [0.2, 0.25) is 0 Å². The van der Waals surface area contributed by atoms with Crippen LogP contribution in [0.15, 0.2) is 18.2 Å². The number of ether oxygens (including phenoxy) is 1. The molecule has 1 unspecified atom stereocenters. The average Bonchev–Trinajstić information content (AvgIpc) is 2.28. The minimum atomic E-state index is 0.155. The van der Waals surface area contributed by atoms with E-state index >= 15 is 0 Å². The summed E-state index contributed by atoms with van der Waals surface area (Å²) in [6.45, 7) is 5.43. The Hall–Kier alpha value is -0.960. The van der Waals surface area contributed by atoms with Crippen molar-refractivity contribution in [3.05, 3.63) is 18.2 Å². The Morgan fingerprint density at radius 3 is 2.94 bits per heavy atom. The van der Waals surface area contributed by atoms with Gasteiger partial charge in [0.1, 0.15) is 5.82 Å². The fourth-order valence-corrected chi connectivity index (χ4v) is 1.67. The van der Waals surface area contributed by atoms with Crippen LogP contribution >= 0.6 is 11.6 Å². The molecule has 1 atom stereocenters. The van der Waals surface area contributed by atoms with E-state index in [1.54, 1.807) is 0 Å². The van der Waals surface area contributed by atoms with Gasteiger partial charge >= 0.3 is 0 Å². The van der Waals surface area contributed by atoms with E-state index in [1.807, 2.05) is 25.1 Å². The van der Waals surface area contributed by atoms with E-state index < -0.39 is 0 Å². The lowest BCUT2D eigenvalue weighted by Gasteiger charge is -2.11. The maximum atomic E-state index is 6.11. The van der Waals surface area contributed by atoms with Crippen molar-refractivity contribution in [3.8, 4) is 5.88 Å². The van der Waals surface area contributed by atoms with Gasteiger partial charge in [-0.2, -0.15) is 4.98 Å². The molecule has 0 aliphatic rings. The molecular weight excluding hydrogens is 224 g/mol. The molecule has 0 aliphatic carbocycles. The number of nitrogens with zero attached hydrogens (tertiary/aromatic N) is 1. The van der Waals surface area contributed by atoms with Crippen LogP contribution in [0.1, 0.15) is 26.7 Å². The summed E-state index contributed by atoms with van der Waals surface area (Å²) in [5.41, 5.74) is 0. The lowest BCUT2D eigenvalue weighted by molar-refractivity contribution is 0.327. The summed E-state index contributed by atoms with van der Waals surface area (Å²) in [6, 6.07) is 5.68. The Kier molecular flexibility index (Phi) is 6.01. The molecular formula is C12H19ClN2O. The molecule has 1 aromatic heterocycles. The van der Waals surface area contributed by atoms with Crippen molar-refractivity contribution < 1.29 is 4.74 Å². The van der Waals surface area contributed by atoms with Gasteiger partial charge in [-0.3, -0.25) is 0 Å². The summed E-state index contributed by atoms with van der Waals surface area (Å²) < 4.78 is 5.32. The number of pyridine rings is 1. The Morgan fingerprint density at radius 1 is 1.44 bits per heavy atom. The third-order valence-corrected chi connectivity index (χ3v) is 2.49. The van der Waals surface area contributed by atoms with Gasteiger partial charge in [-0.25, -0.2) is 0 Å². The third-order valence-electron chi connectivity index (χ3n) is 2.12. The molecule has 1 aromatic rings. The molecule has 0 bridgehead atoms. The van der Waals surface area contributed by atoms with Crippen molar-refractivity contribution in [1.29, 1.82) is 0 Å². The van der Waals surface area contributed by atoms with Crippen LogP contribution in [0, 0.1) is 0 Å². The van der Waals surface area contributed by atoms with Gasteiger partial charge in [-0.1, -0.05) is 19.4 Å². The van der Waals surface area contributed by atoms with Crippen LogP contribution in [0.3, 0.4) is 0 Å². The summed E-state index contributed by atoms with van der Waals surface area (Å²) >= 11 is 6.11. The first kappa shape index (κ1) is 13.1. The van der Waals surface area contributed by atoms with E-state index in [2.05, 4.69) is 17.2 Å². The zero-order valence-electron chi connectivity index (χ0n) is 9.87. The second-order valence-electron chi connectivity index (χ2n) is 3.56. The number of hydrogen-bond acceptors (Lipinski definition) is 3. The molecule has 0 aliphatic heterocycles. The van der Waals surface area contributed by atoms with Crippen molar-refractivity contribution in [2.45, 2.75) is 32.1 Å². The number of anilines is 1. The normalized spacial score (nSPS) is 12.2. The zero-order chi connectivity index (χ0) is 11.8. The zero-order valence-corrected chi connectivity index (χ0v) is 10.6. The molecule has 0 fully saturated rings. The summed E-state index contributed by atoms with van der Waals surface area (Å²) in [5.74, 6) is 1.46. The van der Waals surface area contributed by atoms with E-state index in [0.717, 1.165) is 25.2 Å². The molecule has 16 heavy (non-hydrogen) atoms. The van der Waals surface area contributed by atoms with Crippen LogP contribution in [-0.4, -0.2) is 23.5 Å². The van der Waals surface area contributed by atoms with Crippen LogP contribution in [0.25, 0.3) is 0 Å². The minimum Gasteiger partial charge on any atom is -0.478 e.